The number of nitrogens with one attached hydrogen (secondary N) is 1. The molecule has 1 N–H and O–H groups in total. The molecular weight excluding hydrogens is 307 g/mol. The van der Waals surface area contributed by atoms with E-state index < -0.39 is 5.41 Å². The first-order chi connectivity index (χ1) is 11.6. The smallest absolute Gasteiger partial charge is 0.231 e. The molecule has 4 nitrogen and oxygen atoms in total. The third-order valence-electron chi connectivity index (χ3n) is 5.47. The summed E-state index contributed by atoms with van der Waals surface area (Å²) in [7, 11) is 0. The zero-order valence-corrected chi connectivity index (χ0v) is 14.4. The minimum absolute atomic E-state index is 0.0698. The maximum Gasteiger partial charge on any atom is 0.231 e. The summed E-state index contributed by atoms with van der Waals surface area (Å²) in [6, 6.07) is 6.59. The molecule has 2 heterocycles. The number of rotatable bonds is 4. The van der Waals surface area contributed by atoms with E-state index in [1.165, 1.54) is 12.1 Å². The van der Waals surface area contributed by atoms with Crippen LogP contribution in [0.1, 0.15) is 38.2 Å². The van der Waals surface area contributed by atoms with Gasteiger partial charge in [-0.25, -0.2) is 4.39 Å². The van der Waals surface area contributed by atoms with Crippen molar-refractivity contribution in [2.45, 2.75) is 44.1 Å². The van der Waals surface area contributed by atoms with Crippen LogP contribution in [0, 0.1) is 5.82 Å². The molecule has 0 saturated carbocycles. The minimum atomic E-state index is -0.597. The van der Waals surface area contributed by atoms with Gasteiger partial charge in [-0.3, -0.25) is 4.79 Å². The van der Waals surface area contributed by atoms with Gasteiger partial charge in [0.05, 0.1) is 5.41 Å². The predicted octanol–water partition coefficient (Wildman–Crippen LogP) is 2.47. The first kappa shape index (κ1) is 17.4. The van der Waals surface area contributed by atoms with Crippen molar-refractivity contribution in [1.82, 2.24) is 10.2 Å². The number of piperidine rings is 1. The van der Waals surface area contributed by atoms with E-state index in [-0.39, 0.29) is 17.8 Å². The van der Waals surface area contributed by atoms with E-state index in [1.807, 2.05) is 0 Å². The SMILES string of the molecule is CCN1CCC[C@H](NC(=O)C2(c3ccc(F)cc3)CCOCC2)C1. The Kier molecular flexibility index (Phi) is 5.51. The highest BCUT2D eigenvalue weighted by atomic mass is 19.1. The lowest BCUT2D eigenvalue weighted by atomic mass is 9.73. The van der Waals surface area contributed by atoms with Gasteiger partial charge in [0.25, 0.3) is 0 Å². The number of carbonyl (C=O) groups is 1. The van der Waals surface area contributed by atoms with Crippen LogP contribution < -0.4 is 5.32 Å². The van der Waals surface area contributed by atoms with Gasteiger partial charge >= 0.3 is 0 Å². The molecule has 0 aliphatic carbocycles. The van der Waals surface area contributed by atoms with Crippen molar-refractivity contribution < 1.29 is 13.9 Å². The molecule has 132 valence electrons. The molecule has 2 saturated heterocycles. The van der Waals surface area contributed by atoms with E-state index in [2.05, 4.69) is 17.1 Å². The van der Waals surface area contributed by atoms with Crippen LogP contribution >= 0.6 is 0 Å². The number of likely N-dealkylation sites (tertiary alicyclic amines) is 1. The summed E-state index contributed by atoms with van der Waals surface area (Å²) in [5, 5.41) is 3.28. The molecule has 0 aromatic heterocycles. The molecule has 2 aliphatic heterocycles. The van der Waals surface area contributed by atoms with Crippen molar-refractivity contribution >= 4 is 5.91 Å². The van der Waals surface area contributed by atoms with Gasteiger partial charge in [-0.1, -0.05) is 19.1 Å². The van der Waals surface area contributed by atoms with Crippen LogP contribution in [-0.2, 0) is 14.9 Å². The standard InChI is InChI=1S/C19H27FN2O2/c1-2-22-11-3-4-17(14-22)21-18(23)19(9-12-24-13-10-19)15-5-7-16(20)8-6-15/h5-8,17H,2-4,9-14H2,1H3,(H,21,23)/t17-/m0/s1. The van der Waals surface area contributed by atoms with E-state index in [4.69, 9.17) is 4.74 Å². The Hall–Kier alpha value is -1.46. The maximum atomic E-state index is 13.3. The largest absolute Gasteiger partial charge is 0.381 e. The summed E-state index contributed by atoms with van der Waals surface area (Å²) in [6.07, 6.45) is 3.44. The molecule has 1 aromatic rings. The first-order valence-corrected chi connectivity index (χ1v) is 9.01. The van der Waals surface area contributed by atoms with Crippen molar-refractivity contribution in [2.24, 2.45) is 0 Å². The highest BCUT2D eigenvalue weighted by Crippen LogP contribution is 2.35. The second-order valence-corrected chi connectivity index (χ2v) is 6.91. The van der Waals surface area contributed by atoms with Crippen molar-refractivity contribution in [3.05, 3.63) is 35.6 Å². The lowest BCUT2D eigenvalue weighted by Gasteiger charge is -2.39. The fourth-order valence-electron chi connectivity index (χ4n) is 3.92. The number of carbonyl (C=O) groups excluding carboxylic acids is 1. The number of nitrogens with zero attached hydrogens (tertiary/aromatic N) is 1. The van der Waals surface area contributed by atoms with Gasteiger partial charge in [0, 0.05) is 25.8 Å². The van der Waals surface area contributed by atoms with Crippen LogP contribution in [-0.4, -0.2) is 49.7 Å². The fourth-order valence-corrected chi connectivity index (χ4v) is 3.92. The molecular formula is C19H27FN2O2. The minimum Gasteiger partial charge on any atom is -0.381 e. The molecule has 24 heavy (non-hydrogen) atoms. The number of benzene rings is 1. The first-order valence-electron chi connectivity index (χ1n) is 9.01. The molecule has 0 unspecified atom stereocenters. The Labute approximate surface area is 143 Å². The second-order valence-electron chi connectivity index (χ2n) is 6.91. The average Bonchev–Trinajstić information content (AvgIpc) is 2.63. The van der Waals surface area contributed by atoms with Crippen molar-refractivity contribution in [3.63, 3.8) is 0 Å². The van der Waals surface area contributed by atoms with Crippen LogP contribution in [0.4, 0.5) is 4.39 Å². The fraction of sp³-hybridized carbons (Fsp3) is 0.632. The molecule has 0 radical (unpaired) electrons. The average molecular weight is 334 g/mol. The van der Waals surface area contributed by atoms with Gasteiger partial charge in [0.1, 0.15) is 5.82 Å². The second kappa shape index (κ2) is 7.62. The molecule has 0 bridgehead atoms. The van der Waals surface area contributed by atoms with Gasteiger partial charge in [0.2, 0.25) is 5.91 Å². The molecule has 3 rings (SSSR count). The predicted molar refractivity (Wildman–Crippen MR) is 91.4 cm³/mol. The van der Waals surface area contributed by atoms with Crippen LogP contribution in [0.25, 0.3) is 0 Å². The van der Waals surface area contributed by atoms with Crippen molar-refractivity contribution in [1.29, 1.82) is 0 Å². The third kappa shape index (κ3) is 3.62. The van der Waals surface area contributed by atoms with E-state index in [9.17, 15) is 9.18 Å². The lowest BCUT2D eigenvalue weighted by molar-refractivity contribution is -0.131. The molecule has 1 amide bonds. The van der Waals surface area contributed by atoms with Gasteiger partial charge in [0.15, 0.2) is 0 Å². The van der Waals surface area contributed by atoms with Gasteiger partial charge in [-0.2, -0.15) is 0 Å². The van der Waals surface area contributed by atoms with E-state index >= 15 is 0 Å². The Bertz CT molecular complexity index is 555. The van der Waals surface area contributed by atoms with Gasteiger partial charge < -0.3 is 15.0 Å². The zero-order valence-electron chi connectivity index (χ0n) is 14.4. The van der Waals surface area contributed by atoms with E-state index in [0.29, 0.717) is 26.1 Å². The number of likely N-dealkylation sites (N-methyl/N-ethyl adjacent to an activating group) is 1. The molecule has 1 atom stereocenters. The summed E-state index contributed by atoms with van der Waals surface area (Å²) in [5.74, 6) is -0.201. The maximum absolute atomic E-state index is 13.3. The quantitative estimate of drug-likeness (QED) is 0.920. The van der Waals surface area contributed by atoms with Crippen LogP contribution in [0.15, 0.2) is 24.3 Å². The van der Waals surface area contributed by atoms with E-state index in [0.717, 1.165) is 38.0 Å². The Morgan fingerprint density at radius 2 is 2.04 bits per heavy atom. The van der Waals surface area contributed by atoms with Gasteiger partial charge in [-0.05, 0) is 56.5 Å². The van der Waals surface area contributed by atoms with Crippen LogP contribution in [0.5, 0.6) is 0 Å². The summed E-state index contributed by atoms with van der Waals surface area (Å²) < 4.78 is 18.8. The summed E-state index contributed by atoms with van der Waals surface area (Å²) in [4.78, 5) is 15.6. The highest BCUT2D eigenvalue weighted by Gasteiger charge is 2.42. The van der Waals surface area contributed by atoms with Crippen LogP contribution in [0.2, 0.25) is 0 Å². The van der Waals surface area contributed by atoms with Gasteiger partial charge in [-0.15, -0.1) is 0 Å². The summed E-state index contributed by atoms with van der Waals surface area (Å²) in [6.45, 7) is 6.33. The molecule has 1 aromatic carbocycles. The lowest BCUT2D eigenvalue weighted by Crippen LogP contribution is -2.54. The third-order valence-corrected chi connectivity index (χ3v) is 5.47. The normalized spacial score (nSPS) is 24.5. The summed E-state index contributed by atoms with van der Waals surface area (Å²) in [5.41, 5.74) is 0.299. The monoisotopic (exact) mass is 334 g/mol. The topological polar surface area (TPSA) is 41.6 Å². The molecule has 0 spiro atoms. The molecule has 2 fully saturated rings. The Morgan fingerprint density at radius 1 is 1.33 bits per heavy atom. The Morgan fingerprint density at radius 3 is 2.71 bits per heavy atom. The zero-order chi connectivity index (χ0) is 17.0. The number of halogens is 1. The highest BCUT2D eigenvalue weighted by molar-refractivity contribution is 5.88. The van der Waals surface area contributed by atoms with Crippen molar-refractivity contribution in [3.8, 4) is 0 Å². The molecule has 5 heteroatoms. The summed E-state index contributed by atoms with van der Waals surface area (Å²) >= 11 is 0. The van der Waals surface area contributed by atoms with Crippen molar-refractivity contribution in [2.75, 3.05) is 32.8 Å². The number of amides is 1. The number of hydrogen-bond donors (Lipinski definition) is 1. The number of hydrogen-bond acceptors (Lipinski definition) is 3. The Balaban J connectivity index is 1.78. The van der Waals surface area contributed by atoms with E-state index in [1.54, 1.807) is 12.1 Å². The molecule has 2 aliphatic rings. The number of ether oxygens (including phenoxy) is 1. The van der Waals surface area contributed by atoms with Crippen LogP contribution in [0.3, 0.4) is 0 Å².